The van der Waals surface area contributed by atoms with Gasteiger partial charge in [0.25, 0.3) is 0 Å². The third-order valence-corrected chi connectivity index (χ3v) is 4.63. The maximum Gasteiger partial charge on any atom is 0.231 e. The van der Waals surface area contributed by atoms with Gasteiger partial charge in [-0.3, -0.25) is 9.78 Å². The summed E-state index contributed by atoms with van der Waals surface area (Å²) in [7, 11) is 0. The monoisotopic (exact) mass is 335 g/mol. The molecule has 0 aliphatic carbocycles. The second kappa shape index (κ2) is 6.34. The van der Waals surface area contributed by atoms with E-state index >= 15 is 0 Å². The third kappa shape index (κ3) is 3.66. The SMILES string of the molecule is O=C(Cc1ccc(Cl)s1)Nc1nc(-c2ccccn2)cs1. The normalized spacial score (nSPS) is 10.5. The zero-order valence-electron chi connectivity index (χ0n) is 10.7. The van der Waals surface area contributed by atoms with E-state index < -0.39 is 0 Å². The molecule has 0 aromatic carbocycles. The first kappa shape index (κ1) is 14.2. The zero-order valence-corrected chi connectivity index (χ0v) is 13.1. The first-order chi connectivity index (χ1) is 10.2. The van der Waals surface area contributed by atoms with Crippen LogP contribution in [0, 0.1) is 0 Å². The molecule has 0 bridgehead atoms. The first-order valence-electron chi connectivity index (χ1n) is 6.12. The Hall–Kier alpha value is -1.76. The average Bonchev–Trinajstić information content (AvgIpc) is 3.09. The van der Waals surface area contributed by atoms with Gasteiger partial charge in [0, 0.05) is 16.5 Å². The zero-order chi connectivity index (χ0) is 14.7. The lowest BCUT2D eigenvalue weighted by molar-refractivity contribution is -0.115. The topological polar surface area (TPSA) is 54.9 Å². The number of pyridine rings is 1. The molecule has 0 aliphatic heterocycles. The number of nitrogens with one attached hydrogen (secondary N) is 1. The standard InChI is InChI=1S/C14H10ClN3OS2/c15-12-5-4-9(21-12)7-13(19)18-14-17-11(8-20-14)10-3-1-2-6-16-10/h1-6,8H,7H2,(H,17,18,19). The highest BCUT2D eigenvalue weighted by atomic mass is 35.5. The van der Waals surface area contributed by atoms with E-state index in [1.807, 2.05) is 29.6 Å². The largest absolute Gasteiger partial charge is 0.302 e. The van der Waals surface area contributed by atoms with Gasteiger partial charge in [-0.1, -0.05) is 17.7 Å². The number of anilines is 1. The highest BCUT2D eigenvalue weighted by Crippen LogP contribution is 2.24. The Labute approximate surface area is 134 Å². The van der Waals surface area contributed by atoms with Crippen molar-refractivity contribution in [2.24, 2.45) is 0 Å². The van der Waals surface area contributed by atoms with Crippen molar-refractivity contribution in [3.05, 3.63) is 51.1 Å². The van der Waals surface area contributed by atoms with Gasteiger partial charge >= 0.3 is 0 Å². The maximum absolute atomic E-state index is 11.9. The highest BCUT2D eigenvalue weighted by Gasteiger charge is 2.10. The number of amides is 1. The number of halogens is 1. The van der Waals surface area contributed by atoms with Gasteiger partial charge in [-0.05, 0) is 24.3 Å². The fourth-order valence-electron chi connectivity index (χ4n) is 1.73. The molecule has 0 fully saturated rings. The number of hydrogen-bond acceptors (Lipinski definition) is 5. The summed E-state index contributed by atoms with van der Waals surface area (Å²) in [6.07, 6.45) is 2.02. The van der Waals surface area contributed by atoms with Crippen LogP contribution in [0.4, 0.5) is 5.13 Å². The van der Waals surface area contributed by atoms with Crippen LogP contribution in [0.3, 0.4) is 0 Å². The molecule has 1 N–H and O–H groups in total. The molecule has 21 heavy (non-hydrogen) atoms. The second-order valence-electron chi connectivity index (χ2n) is 4.18. The number of rotatable bonds is 4. The lowest BCUT2D eigenvalue weighted by Gasteiger charge is -1.99. The molecular formula is C14H10ClN3OS2. The highest BCUT2D eigenvalue weighted by molar-refractivity contribution is 7.16. The molecule has 106 valence electrons. The quantitative estimate of drug-likeness (QED) is 0.781. The molecule has 7 heteroatoms. The van der Waals surface area contributed by atoms with Gasteiger partial charge in [0.05, 0.1) is 16.5 Å². The Morgan fingerprint density at radius 2 is 2.14 bits per heavy atom. The van der Waals surface area contributed by atoms with Gasteiger partial charge < -0.3 is 5.32 Å². The average molecular weight is 336 g/mol. The smallest absolute Gasteiger partial charge is 0.231 e. The van der Waals surface area contributed by atoms with Crippen LogP contribution in [0.5, 0.6) is 0 Å². The van der Waals surface area contributed by atoms with Gasteiger partial charge in [-0.15, -0.1) is 22.7 Å². The molecular weight excluding hydrogens is 326 g/mol. The number of thiophene rings is 1. The molecule has 0 unspecified atom stereocenters. The molecule has 0 atom stereocenters. The van der Waals surface area contributed by atoms with E-state index in [4.69, 9.17) is 11.6 Å². The fraction of sp³-hybridized carbons (Fsp3) is 0.0714. The molecule has 0 saturated carbocycles. The van der Waals surface area contributed by atoms with Crippen LogP contribution in [0.15, 0.2) is 41.9 Å². The van der Waals surface area contributed by atoms with Gasteiger partial charge in [0.1, 0.15) is 5.69 Å². The van der Waals surface area contributed by atoms with E-state index in [2.05, 4.69) is 15.3 Å². The van der Waals surface area contributed by atoms with Crippen molar-refractivity contribution >= 4 is 45.3 Å². The molecule has 3 rings (SSSR count). The molecule has 0 radical (unpaired) electrons. The van der Waals surface area contributed by atoms with Crippen LogP contribution in [-0.2, 0) is 11.2 Å². The van der Waals surface area contributed by atoms with Crippen LogP contribution in [0.2, 0.25) is 4.34 Å². The van der Waals surface area contributed by atoms with E-state index in [1.54, 1.807) is 12.3 Å². The predicted molar refractivity (Wildman–Crippen MR) is 87.0 cm³/mol. The van der Waals surface area contributed by atoms with Crippen molar-refractivity contribution in [1.29, 1.82) is 0 Å². The van der Waals surface area contributed by atoms with Crippen molar-refractivity contribution < 1.29 is 4.79 Å². The Morgan fingerprint density at radius 1 is 1.24 bits per heavy atom. The van der Waals surface area contributed by atoms with Crippen LogP contribution in [-0.4, -0.2) is 15.9 Å². The summed E-state index contributed by atoms with van der Waals surface area (Å²) in [5.74, 6) is -0.101. The van der Waals surface area contributed by atoms with Crippen molar-refractivity contribution in [3.8, 4) is 11.4 Å². The molecule has 0 aliphatic rings. The molecule has 3 heterocycles. The number of hydrogen-bond donors (Lipinski definition) is 1. The number of thiazole rings is 1. The minimum absolute atomic E-state index is 0.101. The lowest BCUT2D eigenvalue weighted by atomic mass is 10.3. The Bertz CT molecular complexity index is 754. The van der Waals surface area contributed by atoms with Crippen molar-refractivity contribution in [2.75, 3.05) is 5.32 Å². The summed E-state index contributed by atoms with van der Waals surface area (Å²) in [4.78, 5) is 21.5. The van der Waals surface area contributed by atoms with Crippen molar-refractivity contribution in [3.63, 3.8) is 0 Å². The van der Waals surface area contributed by atoms with Crippen LogP contribution in [0.25, 0.3) is 11.4 Å². The van der Waals surface area contributed by atoms with E-state index in [9.17, 15) is 4.79 Å². The summed E-state index contributed by atoms with van der Waals surface area (Å²) in [5, 5.41) is 5.24. The number of nitrogens with zero attached hydrogens (tertiary/aromatic N) is 2. The summed E-state index contributed by atoms with van der Waals surface area (Å²) in [5.41, 5.74) is 1.55. The Balaban J connectivity index is 1.66. The molecule has 1 amide bonds. The summed E-state index contributed by atoms with van der Waals surface area (Å²) in [6, 6.07) is 9.28. The number of carbonyl (C=O) groups is 1. The molecule has 3 aromatic rings. The van der Waals surface area contributed by atoms with Crippen molar-refractivity contribution in [1.82, 2.24) is 9.97 Å². The Kier molecular flexibility index (Phi) is 4.28. The number of carbonyl (C=O) groups excluding carboxylic acids is 1. The predicted octanol–water partition coefficient (Wildman–Crippen LogP) is 4.10. The molecule has 0 spiro atoms. The summed E-state index contributed by atoms with van der Waals surface area (Å²) in [6.45, 7) is 0. The second-order valence-corrected chi connectivity index (χ2v) is 6.84. The maximum atomic E-state index is 11.9. The van der Waals surface area contributed by atoms with E-state index in [0.717, 1.165) is 16.3 Å². The summed E-state index contributed by atoms with van der Waals surface area (Å²) >= 11 is 8.63. The van der Waals surface area contributed by atoms with Gasteiger partial charge in [0.15, 0.2) is 5.13 Å². The minimum atomic E-state index is -0.101. The van der Waals surface area contributed by atoms with Gasteiger partial charge in [0.2, 0.25) is 5.91 Å². The molecule has 4 nitrogen and oxygen atoms in total. The lowest BCUT2D eigenvalue weighted by Crippen LogP contribution is -2.13. The van der Waals surface area contributed by atoms with Gasteiger partial charge in [-0.25, -0.2) is 4.98 Å². The fourth-order valence-corrected chi connectivity index (χ4v) is 3.54. The summed E-state index contributed by atoms with van der Waals surface area (Å²) < 4.78 is 0.685. The van der Waals surface area contributed by atoms with E-state index in [0.29, 0.717) is 15.9 Å². The van der Waals surface area contributed by atoms with Crippen LogP contribution in [0.1, 0.15) is 4.88 Å². The van der Waals surface area contributed by atoms with Crippen LogP contribution >= 0.6 is 34.3 Å². The van der Waals surface area contributed by atoms with Crippen LogP contribution < -0.4 is 5.32 Å². The number of aromatic nitrogens is 2. The van der Waals surface area contributed by atoms with Gasteiger partial charge in [-0.2, -0.15) is 0 Å². The first-order valence-corrected chi connectivity index (χ1v) is 8.19. The van der Waals surface area contributed by atoms with E-state index in [-0.39, 0.29) is 5.91 Å². The molecule has 3 aromatic heterocycles. The van der Waals surface area contributed by atoms with E-state index in [1.165, 1.54) is 22.7 Å². The van der Waals surface area contributed by atoms with Crippen molar-refractivity contribution in [2.45, 2.75) is 6.42 Å². The third-order valence-electron chi connectivity index (χ3n) is 2.64. The Morgan fingerprint density at radius 3 is 2.86 bits per heavy atom. The minimum Gasteiger partial charge on any atom is -0.302 e. The molecule has 0 saturated heterocycles.